The van der Waals surface area contributed by atoms with Crippen LogP contribution in [0.15, 0.2) is 0 Å². The summed E-state index contributed by atoms with van der Waals surface area (Å²) in [7, 11) is 0. The molecule has 3 heteroatoms. The third-order valence-corrected chi connectivity index (χ3v) is 2.99. The molecule has 0 aliphatic heterocycles. The van der Waals surface area contributed by atoms with E-state index in [1.54, 1.807) is 0 Å². The first kappa shape index (κ1) is 11.6. The highest BCUT2D eigenvalue weighted by Crippen LogP contribution is 2.36. The minimum Gasteiger partial charge on any atom is -0.356 e. The molecule has 0 saturated heterocycles. The summed E-state index contributed by atoms with van der Waals surface area (Å²) >= 11 is 4.63. The summed E-state index contributed by atoms with van der Waals surface area (Å²) in [5, 5.41) is 0. The van der Waals surface area contributed by atoms with Crippen LogP contribution in [0.25, 0.3) is 0 Å². The van der Waals surface area contributed by atoms with Crippen LogP contribution in [0, 0.1) is 17.3 Å². The van der Waals surface area contributed by atoms with Gasteiger partial charge in [0.1, 0.15) is 11.7 Å². The normalized spacial score (nSPS) is 29.9. The topological polar surface area (TPSA) is 28.4 Å². The highest BCUT2D eigenvalue weighted by atomic mass is 32.1. The Morgan fingerprint density at radius 1 is 1.43 bits per heavy atom. The van der Waals surface area contributed by atoms with Crippen LogP contribution in [0.5, 0.6) is 0 Å². The summed E-state index contributed by atoms with van der Waals surface area (Å²) < 4.78 is 4.95. The van der Waals surface area contributed by atoms with Gasteiger partial charge in [-0.3, -0.25) is 4.79 Å². The molecule has 1 atom stereocenters. The van der Waals surface area contributed by atoms with Gasteiger partial charge in [-0.2, -0.15) is 0 Å². The smallest absolute Gasteiger partial charge is 0.288 e. The van der Waals surface area contributed by atoms with Crippen molar-refractivity contribution in [2.24, 2.45) is 17.3 Å². The predicted molar refractivity (Wildman–Crippen MR) is 58.7 cm³/mol. The van der Waals surface area contributed by atoms with Crippen molar-refractivity contribution < 1.29 is 8.67 Å². The van der Waals surface area contributed by atoms with E-state index in [0.29, 0.717) is 6.42 Å². The van der Waals surface area contributed by atoms with E-state index in [4.69, 9.17) is 3.87 Å². The minimum atomic E-state index is -0.0828. The second kappa shape index (κ2) is 3.97. The highest BCUT2D eigenvalue weighted by molar-refractivity contribution is 7.50. The van der Waals surface area contributed by atoms with Crippen LogP contribution in [0.4, 0.5) is 0 Å². The van der Waals surface area contributed by atoms with Gasteiger partial charge in [0.05, 0.1) is 6.42 Å². The summed E-state index contributed by atoms with van der Waals surface area (Å²) in [6, 6.07) is 0. The standard InChI is InChI=1S/C11H18O2S/c1-7(2)10-8(12)5-11(3,4)6-9(10)13-14/h7,10H,5-6H2,1-4H3. The Labute approximate surface area is 91.4 Å². The molecule has 2 nitrogen and oxygen atoms in total. The molecule has 0 amide bonds. The Bertz CT molecular complexity index is 266. The first-order valence-electron chi connectivity index (χ1n) is 5.05. The Balaban J connectivity index is 2.94. The van der Waals surface area contributed by atoms with Crippen molar-refractivity contribution in [1.82, 2.24) is 0 Å². The van der Waals surface area contributed by atoms with Crippen molar-refractivity contribution >= 4 is 24.5 Å². The molecule has 0 spiro atoms. The number of rotatable bonds is 1. The Kier molecular flexibility index (Phi) is 3.30. The molecule has 1 aliphatic carbocycles. The maximum absolute atomic E-state index is 11.9. The molecule has 1 saturated carbocycles. The van der Waals surface area contributed by atoms with E-state index in [1.165, 1.54) is 0 Å². The lowest BCUT2D eigenvalue weighted by Crippen LogP contribution is -2.40. The quantitative estimate of drug-likeness (QED) is 0.380. The summed E-state index contributed by atoms with van der Waals surface area (Å²) in [4.78, 5) is 11.9. The van der Waals surface area contributed by atoms with Crippen LogP contribution in [0.3, 0.4) is 0 Å². The fourth-order valence-electron chi connectivity index (χ4n) is 2.23. The van der Waals surface area contributed by atoms with Crippen LogP contribution in [-0.4, -0.2) is 11.6 Å². The van der Waals surface area contributed by atoms with E-state index >= 15 is 0 Å². The second-order valence-electron chi connectivity index (χ2n) is 5.26. The van der Waals surface area contributed by atoms with E-state index in [9.17, 15) is 4.79 Å². The molecule has 0 aromatic rings. The van der Waals surface area contributed by atoms with Crippen molar-refractivity contribution in [3.05, 3.63) is 0 Å². The Morgan fingerprint density at radius 2 is 2.00 bits per heavy atom. The molecule has 1 rings (SSSR count). The molecule has 80 valence electrons. The Morgan fingerprint density at radius 3 is 2.43 bits per heavy atom. The zero-order chi connectivity index (χ0) is 10.9. The van der Waals surface area contributed by atoms with Gasteiger partial charge in [0.15, 0.2) is 0 Å². The predicted octanol–water partition coefficient (Wildman–Crippen LogP) is 2.21. The van der Waals surface area contributed by atoms with E-state index in [1.807, 2.05) is 13.8 Å². The molecule has 0 N–H and O–H groups in total. The van der Waals surface area contributed by atoms with Crippen molar-refractivity contribution in [2.45, 2.75) is 40.5 Å². The number of ketones is 2. The van der Waals surface area contributed by atoms with E-state index in [-0.39, 0.29) is 23.0 Å². The molecule has 1 aliphatic rings. The largest absolute Gasteiger partial charge is 0.356 e. The van der Waals surface area contributed by atoms with Gasteiger partial charge in [-0.25, -0.2) is 12.9 Å². The van der Waals surface area contributed by atoms with Crippen LogP contribution in [-0.2, 0) is 21.6 Å². The van der Waals surface area contributed by atoms with Gasteiger partial charge in [0.25, 0.3) is 5.78 Å². The van der Waals surface area contributed by atoms with E-state index in [0.717, 1.165) is 12.2 Å². The SMILES string of the molecule is CC(C)C1C(=O)CC(C)(C)CC1=[O+][S-]. The van der Waals surface area contributed by atoms with Crippen molar-refractivity contribution in [3.8, 4) is 0 Å². The number of Topliss-reactive ketones (excluding diaryl/α,β-unsaturated/α-hetero) is 1. The number of carbonyl (C=O) groups is 1. The minimum absolute atomic E-state index is 0.0105. The first-order chi connectivity index (χ1) is 6.37. The molecular formula is C11H18O2S. The summed E-state index contributed by atoms with van der Waals surface area (Å²) in [5.74, 6) is 1.27. The van der Waals surface area contributed by atoms with Crippen LogP contribution < -0.4 is 0 Å². The molecule has 0 bridgehead atoms. The summed E-state index contributed by atoms with van der Waals surface area (Å²) in [6.45, 7) is 8.23. The van der Waals surface area contributed by atoms with Crippen molar-refractivity contribution in [2.75, 3.05) is 0 Å². The van der Waals surface area contributed by atoms with Crippen LogP contribution in [0.1, 0.15) is 40.5 Å². The van der Waals surface area contributed by atoms with Crippen LogP contribution >= 0.6 is 0 Å². The third-order valence-electron chi connectivity index (χ3n) is 2.77. The molecule has 1 fully saturated rings. The molecule has 14 heavy (non-hydrogen) atoms. The van der Waals surface area contributed by atoms with Crippen LogP contribution in [0.2, 0.25) is 0 Å². The van der Waals surface area contributed by atoms with Gasteiger partial charge in [-0.1, -0.05) is 27.7 Å². The highest BCUT2D eigenvalue weighted by Gasteiger charge is 2.44. The average Bonchev–Trinajstić information content (AvgIpc) is 1.99. The monoisotopic (exact) mass is 214 g/mol. The average molecular weight is 214 g/mol. The van der Waals surface area contributed by atoms with Gasteiger partial charge in [-0.05, 0) is 11.3 Å². The van der Waals surface area contributed by atoms with Gasteiger partial charge in [-0.15, -0.1) is 0 Å². The van der Waals surface area contributed by atoms with E-state index in [2.05, 4.69) is 26.8 Å². The van der Waals surface area contributed by atoms with Gasteiger partial charge >= 0.3 is 0 Å². The second-order valence-corrected chi connectivity index (χ2v) is 5.42. The molecule has 0 aromatic heterocycles. The fraction of sp³-hybridized carbons (Fsp3) is 0.818. The third kappa shape index (κ3) is 2.32. The van der Waals surface area contributed by atoms with Gasteiger partial charge in [0.2, 0.25) is 0 Å². The summed E-state index contributed by atoms with van der Waals surface area (Å²) in [5.41, 5.74) is 0.0105. The van der Waals surface area contributed by atoms with Crippen molar-refractivity contribution in [1.29, 1.82) is 0 Å². The molecule has 0 heterocycles. The lowest BCUT2D eigenvalue weighted by Gasteiger charge is -2.31. The molecule has 1 unspecified atom stereocenters. The molecular weight excluding hydrogens is 196 g/mol. The zero-order valence-corrected chi connectivity index (χ0v) is 10.1. The zero-order valence-electron chi connectivity index (χ0n) is 9.29. The summed E-state index contributed by atoms with van der Waals surface area (Å²) in [6.07, 6.45) is 1.45. The molecule has 0 aromatic carbocycles. The number of hydrogen-bond donors (Lipinski definition) is 0. The van der Waals surface area contributed by atoms with Crippen molar-refractivity contribution in [3.63, 3.8) is 0 Å². The Hall–Kier alpha value is -0.440. The number of carbonyl (C=O) groups excluding carboxylic acids is 2. The lowest BCUT2D eigenvalue weighted by atomic mass is 9.68. The molecule has 0 radical (unpaired) electrons. The maximum atomic E-state index is 11.9. The van der Waals surface area contributed by atoms with Gasteiger partial charge in [0, 0.05) is 6.42 Å². The van der Waals surface area contributed by atoms with E-state index < -0.39 is 0 Å². The first-order valence-corrected chi connectivity index (χ1v) is 5.39. The van der Waals surface area contributed by atoms with Gasteiger partial charge < -0.3 is 3.87 Å². The maximum Gasteiger partial charge on any atom is 0.288 e. The fourth-order valence-corrected chi connectivity index (χ4v) is 2.39. The number of hydrogen-bond acceptors (Lipinski definition) is 2. The lowest BCUT2D eigenvalue weighted by molar-refractivity contribution is -0.250.